The molecule has 0 aliphatic heterocycles. The van der Waals surface area contributed by atoms with Crippen molar-refractivity contribution in [3.63, 3.8) is 0 Å². The average molecular weight is 395 g/mol. The van der Waals surface area contributed by atoms with Gasteiger partial charge in [0.25, 0.3) is 5.56 Å². The third-order valence-electron chi connectivity index (χ3n) is 3.78. The molecule has 0 aliphatic carbocycles. The molecule has 1 heterocycles. The van der Waals surface area contributed by atoms with Crippen molar-refractivity contribution in [2.45, 2.75) is 52.9 Å². The van der Waals surface area contributed by atoms with Gasteiger partial charge in [-0.3, -0.25) is 4.79 Å². The first-order valence-electron chi connectivity index (χ1n) is 8.96. The van der Waals surface area contributed by atoms with E-state index < -0.39 is 5.54 Å². The molecule has 0 N–H and O–H groups in total. The second-order valence-corrected chi connectivity index (χ2v) is 7.60. The van der Waals surface area contributed by atoms with Gasteiger partial charge in [0.2, 0.25) is 0 Å². The van der Waals surface area contributed by atoms with Gasteiger partial charge in [-0.2, -0.15) is 5.10 Å². The van der Waals surface area contributed by atoms with E-state index >= 15 is 0 Å². The summed E-state index contributed by atoms with van der Waals surface area (Å²) in [5, 5.41) is 4.19. The number of ether oxygens (including phenoxy) is 3. The molecule has 0 radical (unpaired) electrons. The van der Waals surface area contributed by atoms with Crippen LogP contribution in [0.4, 0.5) is 0 Å². The summed E-state index contributed by atoms with van der Waals surface area (Å²) in [5.41, 5.74) is 0.111. The third-order valence-corrected chi connectivity index (χ3v) is 4.12. The van der Waals surface area contributed by atoms with Crippen molar-refractivity contribution in [3.05, 3.63) is 51.4 Å². The van der Waals surface area contributed by atoms with Crippen LogP contribution >= 0.6 is 11.6 Å². The third kappa shape index (κ3) is 5.97. The maximum atomic E-state index is 12.3. The SMILES string of the molecule is CCOC(C)COc1ccc(COc2cnn(C(C)(C)C)c(=O)c2Cl)cc1. The Kier molecular flexibility index (Phi) is 7.27. The fourth-order valence-electron chi connectivity index (χ4n) is 2.39. The Morgan fingerprint density at radius 2 is 1.85 bits per heavy atom. The monoisotopic (exact) mass is 394 g/mol. The molecule has 0 saturated heterocycles. The Morgan fingerprint density at radius 1 is 1.19 bits per heavy atom. The van der Waals surface area contributed by atoms with Gasteiger partial charge in [0.05, 0.1) is 17.8 Å². The highest BCUT2D eigenvalue weighted by atomic mass is 35.5. The largest absolute Gasteiger partial charge is 0.491 e. The van der Waals surface area contributed by atoms with Crippen molar-refractivity contribution in [2.75, 3.05) is 13.2 Å². The highest BCUT2D eigenvalue weighted by Gasteiger charge is 2.20. The zero-order chi connectivity index (χ0) is 20.0. The Labute approximate surface area is 165 Å². The Morgan fingerprint density at radius 3 is 2.44 bits per heavy atom. The van der Waals surface area contributed by atoms with Crippen LogP contribution < -0.4 is 15.0 Å². The van der Waals surface area contributed by atoms with Gasteiger partial charge in [-0.25, -0.2) is 4.68 Å². The number of nitrogens with zero attached hydrogens (tertiary/aromatic N) is 2. The van der Waals surface area contributed by atoms with Crippen molar-refractivity contribution in [1.82, 2.24) is 9.78 Å². The van der Waals surface area contributed by atoms with Crippen molar-refractivity contribution in [3.8, 4) is 11.5 Å². The standard InChI is InChI=1S/C20H27ClN2O4/c1-6-25-14(2)12-26-16-9-7-15(8-10-16)13-27-17-11-22-23(20(3,4)5)19(24)18(17)21/h7-11,14H,6,12-13H2,1-5H3. The predicted molar refractivity (Wildman–Crippen MR) is 106 cm³/mol. The lowest BCUT2D eigenvalue weighted by Crippen LogP contribution is -2.36. The maximum absolute atomic E-state index is 12.3. The Bertz CT molecular complexity index is 797. The van der Waals surface area contributed by atoms with Crippen molar-refractivity contribution in [2.24, 2.45) is 0 Å². The van der Waals surface area contributed by atoms with E-state index in [1.807, 2.05) is 58.9 Å². The number of aromatic nitrogens is 2. The van der Waals surface area contributed by atoms with E-state index in [9.17, 15) is 4.79 Å². The molecule has 0 spiro atoms. The fraction of sp³-hybridized carbons (Fsp3) is 0.500. The fourth-order valence-corrected chi connectivity index (χ4v) is 2.57. The summed E-state index contributed by atoms with van der Waals surface area (Å²) in [5.74, 6) is 1.03. The summed E-state index contributed by atoms with van der Waals surface area (Å²) >= 11 is 6.16. The molecule has 2 aromatic rings. The van der Waals surface area contributed by atoms with Crippen LogP contribution in [0.15, 0.2) is 35.3 Å². The van der Waals surface area contributed by atoms with Crippen molar-refractivity contribution < 1.29 is 14.2 Å². The Hall–Kier alpha value is -2.05. The lowest BCUT2D eigenvalue weighted by molar-refractivity contribution is 0.0402. The summed E-state index contributed by atoms with van der Waals surface area (Å²) in [7, 11) is 0. The molecule has 0 aliphatic rings. The molecule has 1 atom stereocenters. The van der Waals surface area contributed by atoms with Crippen LogP contribution in [0.5, 0.6) is 11.5 Å². The molecule has 27 heavy (non-hydrogen) atoms. The van der Waals surface area contributed by atoms with Gasteiger partial charge in [0.15, 0.2) is 10.8 Å². The highest BCUT2D eigenvalue weighted by molar-refractivity contribution is 6.31. The number of hydrogen-bond acceptors (Lipinski definition) is 5. The van der Waals surface area contributed by atoms with Crippen molar-refractivity contribution >= 4 is 11.6 Å². The highest BCUT2D eigenvalue weighted by Crippen LogP contribution is 2.22. The number of halogens is 1. The summed E-state index contributed by atoms with van der Waals surface area (Å²) in [4.78, 5) is 12.3. The summed E-state index contributed by atoms with van der Waals surface area (Å²) < 4.78 is 18.1. The lowest BCUT2D eigenvalue weighted by Gasteiger charge is -2.21. The molecule has 0 bridgehead atoms. The number of hydrogen-bond donors (Lipinski definition) is 0. The normalized spacial score (nSPS) is 12.7. The number of benzene rings is 1. The maximum Gasteiger partial charge on any atom is 0.289 e. The molecule has 1 aromatic heterocycles. The van der Waals surface area contributed by atoms with E-state index in [0.29, 0.717) is 13.2 Å². The molecule has 1 aromatic carbocycles. The van der Waals surface area contributed by atoms with Crippen LogP contribution in [-0.4, -0.2) is 29.1 Å². The first-order valence-corrected chi connectivity index (χ1v) is 9.34. The van der Waals surface area contributed by atoms with E-state index in [1.165, 1.54) is 10.9 Å². The summed E-state index contributed by atoms with van der Waals surface area (Å²) in [6.45, 7) is 11.0. The minimum Gasteiger partial charge on any atom is -0.491 e. The number of rotatable bonds is 8. The zero-order valence-corrected chi connectivity index (χ0v) is 17.2. The molecule has 1 unspecified atom stereocenters. The molecular formula is C20H27ClN2O4. The predicted octanol–water partition coefficient (Wildman–Crippen LogP) is 4.03. The van der Waals surface area contributed by atoms with Crippen LogP contribution in [-0.2, 0) is 16.9 Å². The summed E-state index contributed by atoms with van der Waals surface area (Å²) in [6, 6.07) is 7.54. The first-order chi connectivity index (χ1) is 12.7. The van der Waals surface area contributed by atoms with Crippen LogP contribution in [0.1, 0.15) is 40.2 Å². The minimum atomic E-state index is -0.450. The van der Waals surface area contributed by atoms with Gasteiger partial charge in [-0.05, 0) is 52.3 Å². The molecule has 7 heteroatoms. The molecule has 6 nitrogen and oxygen atoms in total. The molecule has 0 amide bonds. The lowest BCUT2D eigenvalue weighted by atomic mass is 10.1. The average Bonchev–Trinajstić information content (AvgIpc) is 2.61. The zero-order valence-electron chi connectivity index (χ0n) is 16.5. The Balaban J connectivity index is 1.97. The molecule has 0 saturated carbocycles. The minimum absolute atomic E-state index is 0.0322. The van der Waals surface area contributed by atoms with Gasteiger partial charge >= 0.3 is 0 Å². The van der Waals surface area contributed by atoms with Crippen LogP contribution in [0.2, 0.25) is 5.02 Å². The second-order valence-electron chi connectivity index (χ2n) is 7.22. The van der Waals surface area contributed by atoms with Gasteiger partial charge in [-0.1, -0.05) is 23.7 Å². The van der Waals surface area contributed by atoms with Gasteiger partial charge < -0.3 is 14.2 Å². The smallest absolute Gasteiger partial charge is 0.289 e. The molecule has 0 fully saturated rings. The van der Waals surface area contributed by atoms with E-state index in [0.717, 1.165) is 11.3 Å². The van der Waals surface area contributed by atoms with Crippen LogP contribution in [0, 0.1) is 0 Å². The van der Waals surface area contributed by atoms with Gasteiger partial charge in [0, 0.05) is 6.61 Å². The van der Waals surface area contributed by atoms with E-state index in [2.05, 4.69) is 5.10 Å². The van der Waals surface area contributed by atoms with E-state index in [1.54, 1.807) is 0 Å². The van der Waals surface area contributed by atoms with Crippen LogP contribution in [0.3, 0.4) is 0 Å². The molecular weight excluding hydrogens is 368 g/mol. The van der Waals surface area contributed by atoms with Gasteiger partial charge in [0.1, 0.15) is 19.0 Å². The quantitative estimate of drug-likeness (QED) is 0.676. The van der Waals surface area contributed by atoms with E-state index in [4.69, 9.17) is 25.8 Å². The molecule has 2 rings (SSSR count). The molecule has 148 valence electrons. The van der Waals surface area contributed by atoms with Crippen LogP contribution in [0.25, 0.3) is 0 Å². The van der Waals surface area contributed by atoms with Crippen molar-refractivity contribution in [1.29, 1.82) is 0 Å². The van der Waals surface area contributed by atoms with Gasteiger partial charge in [-0.15, -0.1) is 0 Å². The topological polar surface area (TPSA) is 62.6 Å². The summed E-state index contributed by atoms with van der Waals surface area (Å²) in [6.07, 6.45) is 1.52. The first kappa shape index (κ1) is 21.3. The van der Waals surface area contributed by atoms with E-state index in [-0.39, 0.29) is 29.0 Å². The second kappa shape index (κ2) is 9.24.